The number of hydrogen-bond donors (Lipinski definition) is 0. The molecule has 25 heavy (non-hydrogen) atoms. The van der Waals surface area contributed by atoms with Crippen molar-refractivity contribution in [2.45, 2.75) is 44.2 Å². The van der Waals surface area contributed by atoms with Crippen LogP contribution in [0.1, 0.15) is 43.0 Å². The molecule has 4 rings (SSSR count). The second-order valence-corrected chi connectivity index (χ2v) is 7.38. The van der Waals surface area contributed by atoms with Gasteiger partial charge in [-0.2, -0.15) is 0 Å². The number of fused-ring (bicyclic) bond motifs is 1. The van der Waals surface area contributed by atoms with Crippen LogP contribution in [0.5, 0.6) is 0 Å². The fraction of sp³-hybridized carbons (Fsp3) is 0.526. The molecular weight excluding hydrogens is 318 g/mol. The first-order valence-corrected chi connectivity index (χ1v) is 9.02. The third kappa shape index (κ3) is 2.42. The van der Waals surface area contributed by atoms with Gasteiger partial charge < -0.3 is 9.80 Å². The van der Waals surface area contributed by atoms with E-state index in [2.05, 4.69) is 0 Å². The Bertz CT molecular complexity index is 712. The topological polar surface area (TPSA) is 60.9 Å². The lowest BCUT2D eigenvalue weighted by molar-refractivity contribution is -0.133. The highest BCUT2D eigenvalue weighted by Crippen LogP contribution is 2.39. The number of likely N-dealkylation sites (tertiary alicyclic amines) is 1. The van der Waals surface area contributed by atoms with Gasteiger partial charge in [-0.1, -0.05) is 18.2 Å². The van der Waals surface area contributed by atoms with Gasteiger partial charge >= 0.3 is 6.03 Å². The van der Waals surface area contributed by atoms with Crippen molar-refractivity contribution in [2.24, 2.45) is 0 Å². The summed E-state index contributed by atoms with van der Waals surface area (Å²) in [6.07, 6.45) is 2.95. The Hall–Kier alpha value is -2.37. The van der Waals surface area contributed by atoms with Gasteiger partial charge in [-0.15, -0.1) is 0 Å². The Morgan fingerprint density at radius 1 is 1.08 bits per heavy atom. The fourth-order valence-electron chi connectivity index (χ4n) is 4.38. The minimum absolute atomic E-state index is 0.0192. The van der Waals surface area contributed by atoms with Crippen LogP contribution in [-0.2, 0) is 4.79 Å². The van der Waals surface area contributed by atoms with Crippen LogP contribution in [0.25, 0.3) is 0 Å². The molecule has 0 spiro atoms. The Balaban J connectivity index is 1.43. The molecule has 1 aromatic rings. The monoisotopic (exact) mass is 341 g/mol. The second kappa shape index (κ2) is 5.86. The summed E-state index contributed by atoms with van der Waals surface area (Å²) in [5, 5.41) is 0. The van der Waals surface area contributed by atoms with Crippen molar-refractivity contribution in [1.29, 1.82) is 0 Å². The number of carbonyl (C=O) groups is 3. The summed E-state index contributed by atoms with van der Waals surface area (Å²) in [5.74, 6) is -0.0338. The first-order valence-electron chi connectivity index (χ1n) is 9.02. The number of imide groups is 1. The molecule has 0 aromatic heterocycles. The number of carbonyl (C=O) groups excluding carboxylic acids is 3. The number of rotatable bonds is 2. The summed E-state index contributed by atoms with van der Waals surface area (Å²) >= 11 is 0. The van der Waals surface area contributed by atoms with E-state index in [1.807, 2.05) is 42.2 Å². The highest BCUT2D eigenvalue weighted by atomic mass is 16.2. The lowest BCUT2D eigenvalue weighted by Crippen LogP contribution is -2.50. The molecule has 6 heteroatoms. The minimum Gasteiger partial charge on any atom is -0.338 e. The molecule has 0 radical (unpaired) electrons. The van der Waals surface area contributed by atoms with Crippen LogP contribution in [0.2, 0.25) is 0 Å². The second-order valence-electron chi connectivity index (χ2n) is 7.38. The average Bonchev–Trinajstić information content (AvgIpc) is 3.12. The first-order chi connectivity index (χ1) is 12.0. The number of amides is 4. The summed E-state index contributed by atoms with van der Waals surface area (Å²) in [7, 11) is 0. The van der Waals surface area contributed by atoms with Gasteiger partial charge in [0.15, 0.2) is 0 Å². The zero-order valence-corrected chi connectivity index (χ0v) is 14.5. The largest absolute Gasteiger partial charge is 0.338 e. The standard InChI is InChI=1S/C19H23N3O3/c1-19-10-5-11-21(19)18(25)22(17(19)24)15-8-12-20(13-9-15)16(23)14-6-3-2-4-7-14/h2-4,6-7,15H,5,8-13H2,1H3/t19-/m0/s1. The SMILES string of the molecule is C[C@@]12CCCN1C(=O)N(C1CCN(C(=O)c3ccccc3)CC1)C2=O. The van der Waals surface area contributed by atoms with E-state index in [9.17, 15) is 14.4 Å². The molecule has 132 valence electrons. The Morgan fingerprint density at radius 2 is 1.76 bits per heavy atom. The molecule has 0 aliphatic carbocycles. The van der Waals surface area contributed by atoms with Gasteiger partial charge in [0.2, 0.25) is 0 Å². The maximum atomic E-state index is 12.8. The molecule has 0 N–H and O–H groups in total. The van der Waals surface area contributed by atoms with Crippen molar-refractivity contribution in [3.63, 3.8) is 0 Å². The number of urea groups is 1. The molecule has 0 bridgehead atoms. The summed E-state index contributed by atoms with van der Waals surface area (Å²) in [6, 6.07) is 9.00. The molecule has 3 heterocycles. The molecule has 4 amide bonds. The van der Waals surface area contributed by atoms with Crippen LogP contribution in [0.4, 0.5) is 4.79 Å². The van der Waals surface area contributed by atoms with Gasteiger partial charge in [-0.25, -0.2) is 4.79 Å². The van der Waals surface area contributed by atoms with Crippen molar-refractivity contribution >= 4 is 17.8 Å². The number of benzene rings is 1. The molecular formula is C19H23N3O3. The quantitative estimate of drug-likeness (QED) is 0.774. The van der Waals surface area contributed by atoms with Crippen molar-refractivity contribution in [3.8, 4) is 0 Å². The molecule has 3 aliphatic heterocycles. The predicted octanol–water partition coefficient (Wildman–Crippen LogP) is 2.11. The van der Waals surface area contributed by atoms with E-state index in [4.69, 9.17) is 0 Å². The Morgan fingerprint density at radius 3 is 2.40 bits per heavy atom. The highest BCUT2D eigenvalue weighted by molar-refractivity contribution is 6.07. The van der Waals surface area contributed by atoms with E-state index in [-0.39, 0.29) is 23.9 Å². The molecule has 1 aromatic carbocycles. The molecule has 6 nitrogen and oxygen atoms in total. The van der Waals surface area contributed by atoms with E-state index in [0.29, 0.717) is 38.0 Å². The van der Waals surface area contributed by atoms with Crippen molar-refractivity contribution in [3.05, 3.63) is 35.9 Å². The predicted molar refractivity (Wildman–Crippen MR) is 92.0 cm³/mol. The summed E-state index contributed by atoms with van der Waals surface area (Å²) < 4.78 is 0. The number of hydrogen-bond acceptors (Lipinski definition) is 3. The third-order valence-corrected chi connectivity index (χ3v) is 5.90. The maximum absolute atomic E-state index is 12.8. The highest BCUT2D eigenvalue weighted by Gasteiger charge is 2.58. The lowest BCUT2D eigenvalue weighted by Gasteiger charge is -2.35. The molecule has 0 saturated carbocycles. The Kier molecular flexibility index (Phi) is 3.78. The number of nitrogens with zero attached hydrogens (tertiary/aromatic N) is 3. The van der Waals surface area contributed by atoms with Crippen LogP contribution in [0.15, 0.2) is 30.3 Å². The minimum atomic E-state index is -0.645. The summed E-state index contributed by atoms with van der Waals surface area (Å²) in [5.41, 5.74) is 0.0380. The van der Waals surface area contributed by atoms with Crippen LogP contribution in [-0.4, -0.2) is 63.8 Å². The van der Waals surface area contributed by atoms with E-state index in [0.717, 1.165) is 12.8 Å². The van der Waals surface area contributed by atoms with Gasteiger partial charge in [0.05, 0.1) is 0 Å². The lowest BCUT2D eigenvalue weighted by atomic mass is 9.97. The zero-order valence-electron chi connectivity index (χ0n) is 14.5. The average molecular weight is 341 g/mol. The zero-order chi connectivity index (χ0) is 17.6. The first kappa shape index (κ1) is 16.1. The van der Waals surface area contributed by atoms with Crippen molar-refractivity contribution in [2.75, 3.05) is 19.6 Å². The van der Waals surface area contributed by atoms with Gasteiger partial charge in [0.1, 0.15) is 5.54 Å². The van der Waals surface area contributed by atoms with Crippen LogP contribution in [0.3, 0.4) is 0 Å². The number of piperidine rings is 1. The van der Waals surface area contributed by atoms with Gasteiger partial charge in [0.25, 0.3) is 11.8 Å². The fourth-order valence-corrected chi connectivity index (χ4v) is 4.38. The normalized spacial score (nSPS) is 27.2. The van der Waals surface area contributed by atoms with Crippen LogP contribution >= 0.6 is 0 Å². The molecule has 3 saturated heterocycles. The van der Waals surface area contributed by atoms with E-state index in [1.165, 1.54) is 4.90 Å². The smallest absolute Gasteiger partial charge is 0.327 e. The molecule has 1 atom stereocenters. The summed E-state index contributed by atoms with van der Waals surface area (Å²) in [6.45, 7) is 3.70. The molecule has 0 unspecified atom stereocenters. The van der Waals surface area contributed by atoms with Gasteiger partial charge in [0, 0.05) is 31.2 Å². The van der Waals surface area contributed by atoms with E-state index in [1.54, 1.807) is 4.90 Å². The third-order valence-electron chi connectivity index (χ3n) is 5.90. The van der Waals surface area contributed by atoms with Gasteiger partial charge in [-0.3, -0.25) is 14.5 Å². The van der Waals surface area contributed by atoms with E-state index < -0.39 is 5.54 Å². The molecule has 3 aliphatic rings. The van der Waals surface area contributed by atoms with Crippen LogP contribution < -0.4 is 0 Å². The molecule has 3 fully saturated rings. The summed E-state index contributed by atoms with van der Waals surface area (Å²) in [4.78, 5) is 43.1. The Labute approximate surface area is 147 Å². The maximum Gasteiger partial charge on any atom is 0.327 e. The van der Waals surface area contributed by atoms with Crippen molar-refractivity contribution in [1.82, 2.24) is 14.7 Å². The van der Waals surface area contributed by atoms with Gasteiger partial charge in [-0.05, 0) is 44.7 Å². The van der Waals surface area contributed by atoms with E-state index >= 15 is 0 Å². The van der Waals surface area contributed by atoms with Crippen molar-refractivity contribution < 1.29 is 14.4 Å². The van der Waals surface area contributed by atoms with Crippen LogP contribution in [0, 0.1) is 0 Å².